The van der Waals surface area contributed by atoms with Crippen molar-refractivity contribution < 1.29 is 17.6 Å². The molecule has 2 heterocycles. The molecule has 1 amide bonds. The Morgan fingerprint density at radius 3 is 2.76 bits per heavy atom. The van der Waals surface area contributed by atoms with E-state index < -0.39 is 15.9 Å². The Balaban J connectivity index is 2.22. The maximum absolute atomic E-state index is 11.7. The second-order valence-corrected chi connectivity index (χ2v) is 4.58. The molecular formula is C9H7N3O4S. The predicted molar refractivity (Wildman–Crippen MR) is 55.4 cm³/mol. The highest BCUT2D eigenvalue weighted by Crippen LogP contribution is 2.05. The summed E-state index contributed by atoms with van der Waals surface area (Å²) in [6, 6.07) is 2.82. The van der Waals surface area contributed by atoms with Crippen molar-refractivity contribution in [2.24, 2.45) is 0 Å². The number of aromatic nitrogens is 2. The largest absolute Gasteiger partial charge is 0.459 e. The molecule has 8 heteroatoms. The summed E-state index contributed by atoms with van der Waals surface area (Å²) in [5.41, 5.74) is 0. The molecule has 2 aromatic heterocycles. The second-order valence-electron chi connectivity index (χ2n) is 2.96. The van der Waals surface area contributed by atoms with Crippen LogP contribution in [0.1, 0.15) is 10.6 Å². The molecule has 0 radical (unpaired) electrons. The van der Waals surface area contributed by atoms with Crippen molar-refractivity contribution in [3.63, 3.8) is 0 Å². The van der Waals surface area contributed by atoms with Gasteiger partial charge in [-0.05, 0) is 12.1 Å². The van der Waals surface area contributed by atoms with Gasteiger partial charge in [0.1, 0.15) is 0 Å². The van der Waals surface area contributed by atoms with Crippen molar-refractivity contribution in [2.45, 2.75) is 5.03 Å². The molecular weight excluding hydrogens is 246 g/mol. The Hall–Kier alpha value is -2.22. The van der Waals surface area contributed by atoms with E-state index in [1.54, 1.807) is 0 Å². The van der Waals surface area contributed by atoms with E-state index in [1.807, 2.05) is 4.72 Å². The minimum Gasteiger partial charge on any atom is -0.459 e. The molecule has 17 heavy (non-hydrogen) atoms. The molecule has 0 fully saturated rings. The SMILES string of the molecule is O=C(NS(=O)(=O)c1cnccn1)c1ccco1. The minimum atomic E-state index is -4.02. The average molecular weight is 253 g/mol. The van der Waals surface area contributed by atoms with E-state index in [2.05, 4.69) is 9.97 Å². The van der Waals surface area contributed by atoms with Gasteiger partial charge in [0, 0.05) is 12.4 Å². The number of rotatable bonds is 3. The van der Waals surface area contributed by atoms with Gasteiger partial charge in [0.2, 0.25) is 0 Å². The molecule has 2 aromatic rings. The Morgan fingerprint density at radius 2 is 2.18 bits per heavy atom. The van der Waals surface area contributed by atoms with Crippen LogP contribution in [0.2, 0.25) is 0 Å². The summed E-state index contributed by atoms with van der Waals surface area (Å²) >= 11 is 0. The molecule has 1 N–H and O–H groups in total. The fourth-order valence-corrected chi connectivity index (χ4v) is 1.91. The van der Waals surface area contributed by atoms with Crippen LogP contribution in [0.5, 0.6) is 0 Å². The minimum absolute atomic E-state index is 0.0996. The molecule has 7 nitrogen and oxygen atoms in total. The fraction of sp³-hybridized carbons (Fsp3) is 0. The lowest BCUT2D eigenvalue weighted by molar-refractivity contribution is 0.0954. The molecule has 0 aromatic carbocycles. The molecule has 0 bridgehead atoms. The normalized spacial score (nSPS) is 11.1. The third kappa shape index (κ3) is 2.48. The molecule has 0 spiro atoms. The van der Waals surface area contributed by atoms with E-state index in [9.17, 15) is 13.2 Å². The van der Waals surface area contributed by atoms with Crippen LogP contribution in [0.4, 0.5) is 0 Å². The Labute approximate surface area is 96.6 Å². The van der Waals surface area contributed by atoms with Gasteiger partial charge < -0.3 is 4.42 Å². The summed E-state index contributed by atoms with van der Waals surface area (Å²) in [4.78, 5) is 18.7. The van der Waals surface area contributed by atoms with E-state index in [4.69, 9.17) is 4.42 Å². The summed E-state index contributed by atoms with van der Waals surface area (Å²) < 4.78 is 29.9. The van der Waals surface area contributed by atoms with Crippen molar-refractivity contribution in [3.05, 3.63) is 42.7 Å². The van der Waals surface area contributed by atoms with Gasteiger partial charge in [0.25, 0.3) is 10.0 Å². The van der Waals surface area contributed by atoms with Gasteiger partial charge in [-0.15, -0.1) is 0 Å². The van der Waals surface area contributed by atoms with Crippen LogP contribution < -0.4 is 4.72 Å². The van der Waals surface area contributed by atoms with Gasteiger partial charge in [0.15, 0.2) is 10.8 Å². The lowest BCUT2D eigenvalue weighted by Crippen LogP contribution is -2.30. The van der Waals surface area contributed by atoms with E-state index in [-0.39, 0.29) is 10.8 Å². The lowest BCUT2D eigenvalue weighted by Gasteiger charge is -2.03. The van der Waals surface area contributed by atoms with Crippen molar-refractivity contribution in [2.75, 3.05) is 0 Å². The molecule has 0 atom stereocenters. The highest BCUT2D eigenvalue weighted by atomic mass is 32.2. The first-order valence-electron chi connectivity index (χ1n) is 4.46. The monoisotopic (exact) mass is 253 g/mol. The number of sulfonamides is 1. The van der Waals surface area contributed by atoms with Crippen LogP contribution in [0.25, 0.3) is 0 Å². The first kappa shape index (κ1) is 11.3. The first-order valence-corrected chi connectivity index (χ1v) is 5.94. The number of nitrogens with one attached hydrogen (secondary N) is 1. The lowest BCUT2D eigenvalue weighted by atomic mass is 10.4. The fourth-order valence-electron chi connectivity index (χ4n) is 1.06. The van der Waals surface area contributed by atoms with Crippen LogP contribution in [-0.2, 0) is 10.0 Å². The van der Waals surface area contributed by atoms with Crippen LogP contribution in [-0.4, -0.2) is 24.3 Å². The van der Waals surface area contributed by atoms with Crippen LogP contribution in [0, 0.1) is 0 Å². The van der Waals surface area contributed by atoms with Crippen molar-refractivity contribution in [1.82, 2.24) is 14.7 Å². The Morgan fingerprint density at radius 1 is 1.35 bits per heavy atom. The third-order valence-electron chi connectivity index (χ3n) is 1.79. The number of nitrogens with zero attached hydrogens (tertiary/aromatic N) is 2. The number of hydrogen-bond donors (Lipinski definition) is 1. The van der Waals surface area contributed by atoms with Gasteiger partial charge in [-0.1, -0.05) is 0 Å². The summed E-state index contributed by atoms with van der Waals surface area (Å²) in [5, 5.41) is -0.333. The molecule has 0 saturated heterocycles. The topological polar surface area (TPSA) is 102 Å². The average Bonchev–Trinajstić information content (AvgIpc) is 2.83. The zero-order valence-electron chi connectivity index (χ0n) is 8.40. The molecule has 2 rings (SSSR count). The number of hydrogen-bond acceptors (Lipinski definition) is 6. The van der Waals surface area contributed by atoms with Gasteiger partial charge in [-0.3, -0.25) is 9.78 Å². The van der Waals surface area contributed by atoms with E-state index in [1.165, 1.54) is 30.8 Å². The summed E-state index contributed by atoms with van der Waals surface area (Å²) in [5.74, 6) is -0.960. The number of amides is 1. The van der Waals surface area contributed by atoms with Gasteiger partial charge in [-0.25, -0.2) is 9.71 Å². The predicted octanol–water partition coefficient (Wildman–Crippen LogP) is 0.188. The quantitative estimate of drug-likeness (QED) is 0.837. The van der Waals surface area contributed by atoms with E-state index >= 15 is 0 Å². The third-order valence-corrected chi connectivity index (χ3v) is 3.00. The second kappa shape index (κ2) is 4.34. The Kier molecular flexibility index (Phi) is 2.88. The molecule has 0 aliphatic carbocycles. The van der Waals surface area contributed by atoms with E-state index in [0.717, 1.165) is 6.20 Å². The number of carbonyl (C=O) groups excluding carboxylic acids is 1. The summed E-state index contributed by atoms with van der Waals surface area (Å²) in [6.07, 6.45) is 4.85. The summed E-state index contributed by atoms with van der Waals surface area (Å²) in [6.45, 7) is 0. The van der Waals surface area contributed by atoms with E-state index in [0.29, 0.717) is 0 Å². The molecule has 0 aliphatic heterocycles. The number of furan rings is 1. The van der Waals surface area contributed by atoms with Crippen molar-refractivity contribution in [3.8, 4) is 0 Å². The number of carbonyl (C=O) groups is 1. The molecule has 88 valence electrons. The maximum Gasteiger partial charge on any atom is 0.300 e. The van der Waals surface area contributed by atoms with Crippen LogP contribution in [0.15, 0.2) is 46.4 Å². The Bertz CT molecular complexity index is 607. The molecule has 0 aliphatic rings. The molecule has 0 saturated carbocycles. The van der Waals surface area contributed by atoms with Gasteiger partial charge >= 0.3 is 5.91 Å². The maximum atomic E-state index is 11.7. The highest BCUT2D eigenvalue weighted by Gasteiger charge is 2.21. The standard InChI is InChI=1S/C9H7N3O4S/c13-9(7-2-1-5-16-7)12-17(14,15)8-6-10-3-4-11-8/h1-6H,(H,12,13). The van der Waals surface area contributed by atoms with Crippen LogP contribution >= 0.6 is 0 Å². The zero-order chi connectivity index (χ0) is 12.3. The summed E-state index contributed by atoms with van der Waals surface area (Å²) in [7, 11) is -4.02. The highest BCUT2D eigenvalue weighted by molar-refractivity contribution is 7.90. The zero-order valence-corrected chi connectivity index (χ0v) is 9.22. The van der Waals surface area contributed by atoms with Crippen LogP contribution in [0.3, 0.4) is 0 Å². The van der Waals surface area contributed by atoms with Crippen molar-refractivity contribution >= 4 is 15.9 Å². The first-order chi connectivity index (χ1) is 8.09. The van der Waals surface area contributed by atoms with Gasteiger partial charge in [0.05, 0.1) is 12.5 Å². The van der Waals surface area contributed by atoms with Gasteiger partial charge in [-0.2, -0.15) is 8.42 Å². The molecule has 0 unspecified atom stereocenters. The smallest absolute Gasteiger partial charge is 0.300 e. The van der Waals surface area contributed by atoms with Crippen molar-refractivity contribution in [1.29, 1.82) is 0 Å².